The first-order chi connectivity index (χ1) is 8.29. The first-order valence-electron chi connectivity index (χ1n) is 6.87. The Balaban J connectivity index is 1.91. The van der Waals surface area contributed by atoms with Crippen molar-refractivity contribution in [3.05, 3.63) is 35.4 Å². The van der Waals surface area contributed by atoms with Crippen molar-refractivity contribution in [3.63, 3.8) is 0 Å². The van der Waals surface area contributed by atoms with Crippen molar-refractivity contribution in [3.8, 4) is 0 Å². The van der Waals surface area contributed by atoms with Crippen LogP contribution in [0.15, 0.2) is 24.3 Å². The summed E-state index contributed by atoms with van der Waals surface area (Å²) in [6.45, 7) is 3.37. The molecule has 1 aromatic carbocycles. The minimum Gasteiger partial charge on any atom is -0.324 e. The second-order valence-electron chi connectivity index (χ2n) is 5.13. The van der Waals surface area contributed by atoms with Crippen molar-refractivity contribution in [2.24, 2.45) is 5.73 Å². The molecule has 1 aliphatic heterocycles. The van der Waals surface area contributed by atoms with Gasteiger partial charge in [-0.05, 0) is 43.4 Å². The molecule has 1 aromatic rings. The quantitative estimate of drug-likeness (QED) is 0.819. The Labute approximate surface area is 105 Å². The van der Waals surface area contributed by atoms with Crippen LogP contribution in [0.2, 0.25) is 0 Å². The van der Waals surface area contributed by atoms with Gasteiger partial charge in [0.15, 0.2) is 0 Å². The normalized spacial score (nSPS) is 21.6. The van der Waals surface area contributed by atoms with Crippen LogP contribution in [0, 0.1) is 0 Å². The lowest BCUT2D eigenvalue weighted by Crippen LogP contribution is -2.26. The van der Waals surface area contributed by atoms with Gasteiger partial charge in [-0.1, -0.05) is 37.6 Å². The van der Waals surface area contributed by atoms with Gasteiger partial charge in [-0.15, -0.1) is 0 Å². The molecule has 2 atom stereocenters. The van der Waals surface area contributed by atoms with Gasteiger partial charge in [0.1, 0.15) is 0 Å². The van der Waals surface area contributed by atoms with E-state index >= 15 is 0 Å². The second-order valence-corrected chi connectivity index (χ2v) is 5.13. The highest BCUT2D eigenvalue weighted by Crippen LogP contribution is 2.20. The molecule has 2 heteroatoms. The summed E-state index contributed by atoms with van der Waals surface area (Å²) in [5, 5.41) is 3.51. The molecule has 1 fully saturated rings. The Bertz CT molecular complexity index is 325. The average molecular weight is 232 g/mol. The number of hydrogen-bond donors (Lipinski definition) is 2. The smallest absolute Gasteiger partial charge is 0.0309 e. The summed E-state index contributed by atoms with van der Waals surface area (Å²) in [7, 11) is 0. The summed E-state index contributed by atoms with van der Waals surface area (Å²) in [5.41, 5.74) is 8.95. The first-order valence-corrected chi connectivity index (χ1v) is 6.87. The third kappa shape index (κ3) is 3.55. The highest BCUT2D eigenvalue weighted by Gasteiger charge is 2.18. The third-order valence-electron chi connectivity index (χ3n) is 3.65. The lowest BCUT2D eigenvalue weighted by atomic mass is 9.97. The molecule has 2 unspecified atom stereocenters. The van der Waals surface area contributed by atoms with Gasteiger partial charge in [0.2, 0.25) is 0 Å². The van der Waals surface area contributed by atoms with Crippen LogP contribution in [0.1, 0.15) is 49.8 Å². The van der Waals surface area contributed by atoms with Crippen LogP contribution in [0.5, 0.6) is 0 Å². The van der Waals surface area contributed by atoms with Crippen molar-refractivity contribution < 1.29 is 0 Å². The molecule has 17 heavy (non-hydrogen) atoms. The molecule has 0 amide bonds. The van der Waals surface area contributed by atoms with E-state index < -0.39 is 0 Å². The maximum absolute atomic E-state index is 6.26. The summed E-state index contributed by atoms with van der Waals surface area (Å²) in [6, 6.07) is 9.65. The van der Waals surface area contributed by atoms with Gasteiger partial charge in [-0.2, -0.15) is 0 Å². The number of hydrogen-bond acceptors (Lipinski definition) is 2. The number of benzene rings is 1. The van der Waals surface area contributed by atoms with E-state index in [2.05, 4.69) is 36.5 Å². The summed E-state index contributed by atoms with van der Waals surface area (Å²) < 4.78 is 0. The molecule has 1 saturated heterocycles. The molecule has 2 nitrogen and oxygen atoms in total. The van der Waals surface area contributed by atoms with Crippen LogP contribution in [0.25, 0.3) is 0 Å². The fourth-order valence-corrected chi connectivity index (χ4v) is 2.62. The van der Waals surface area contributed by atoms with Crippen molar-refractivity contribution in [2.45, 2.75) is 51.1 Å². The van der Waals surface area contributed by atoms with Gasteiger partial charge in [-0.3, -0.25) is 0 Å². The number of nitrogens with two attached hydrogens (primary N) is 1. The van der Waals surface area contributed by atoms with Crippen LogP contribution in [-0.4, -0.2) is 12.6 Å². The van der Waals surface area contributed by atoms with Gasteiger partial charge < -0.3 is 11.1 Å². The summed E-state index contributed by atoms with van der Waals surface area (Å²) >= 11 is 0. The second kappa shape index (κ2) is 6.18. The first kappa shape index (κ1) is 12.6. The van der Waals surface area contributed by atoms with Crippen molar-refractivity contribution in [2.75, 3.05) is 6.54 Å². The van der Waals surface area contributed by atoms with E-state index in [0.29, 0.717) is 6.04 Å². The molecule has 3 N–H and O–H groups in total. The number of nitrogens with one attached hydrogen (secondary N) is 1. The molecule has 0 bridgehead atoms. The van der Waals surface area contributed by atoms with Crippen molar-refractivity contribution >= 4 is 0 Å². The van der Waals surface area contributed by atoms with Gasteiger partial charge in [0.05, 0.1) is 0 Å². The summed E-state index contributed by atoms with van der Waals surface area (Å²) in [4.78, 5) is 0. The van der Waals surface area contributed by atoms with E-state index in [-0.39, 0.29) is 6.04 Å². The average Bonchev–Trinajstić information content (AvgIpc) is 2.83. The van der Waals surface area contributed by atoms with Gasteiger partial charge in [0.25, 0.3) is 0 Å². The lowest BCUT2D eigenvalue weighted by molar-refractivity contribution is 0.499. The topological polar surface area (TPSA) is 38.0 Å². The van der Waals surface area contributed by atoms with Gasteiger partial charge in [0, 0.05) is 12.1 Å². The predicted octanol–water partition coefficient (Wildman–Crippen LogP) is 2.78. The van der Waals surface area contributed by atoms with Crippen molar-refractivity contribution in [1.29, 1.82) is 0 Å². The van der Waals surface area contributed by atoms with E-state index in [0.717, 1.165) is 13.0 Å². The van der Waals surface area contributed by atoms with Gasteiger partial charge >= 0.3 is 0 Å². The number of rotatable bonds is 5. The van der Waals surface area contributed by atoms with Crippen LogP contribution >= 0.6 is 0 Å². The van der Waals surface area contributed by atoms with E-state index in [1.54, 1.807) is 0 Å². The maximum Gasteiger partial charge on any atom is 0.0309 e. The summed E-state index contributed by atoms with van der Waals surface area (Å²) in [6.07, 6.45) is 6.01. The molecule has 94 valence electrons. The summed E-state index contributed by atoms with van der Waals surface area (Å²) in [5.74, 6) is 0. The number of aryl methyl sites for hydroxylation is 1. The molecule has 1 aliphatic rings. The highest BCUT2D eigenvalue weighted by atomic mass is 14.9. The SMILES string of the molecule is CCCc1ccc(C(N)CC2CCCN2)cc1. The Morgan fingerprint density at radius 1 is 1.35 bits per heavy atom. The monoisotopic (exact) mass is 232 g/mol. The van der Waals surface area contributed by atoms with E-state index in [9.17, 15) is 0 Å². The minimum atomic E-state index is 0.182. The minimum absolute atomic E-state index is 0.182. The standard InChI is InChI=1S/C15H24N2/c1-2-4-12-6-8-13(9-7-12)15(16)11-14-5-3-10-17-14/h6-9,14-15,17H,2-5,10-11,16H2,1H3. The van der Waals surface area contributed by atoms with Crippen LogP contribution in [-0.2, 0) is 6.42 Å². The zero-order valence-electron chi connectivity index (χ0n) is 10.8. The lowest BCUT2D eigenvalue weighted by Gasteiger charge is -2.17. The van der Waals surface area contributed by atoms with E-state index in [1.165, 1.54) is 36.8 Å². The molecule has 0 aliphatic carbocycles. The van der Waals surface area contributed by atoms with Crippen LogP contribution < -0.4 is 11.1 Å². The highest BCUT2D eigenvalue weighted by molar-refractivity contribution is 5.25. The molecule has 0 radical (unpaired) electrons. The predicted molar refractivity (Wildman–Crippen MR) is 73.0 cm³/mol. The zero-order valence-corrected chi connectivity index (χ0v) is 10.8. The molecular formula is C15H24N2. The molecule has 0 spiro atoms. The van der Waals surface area contributed by atoms with E-state index in [1.807, 2.05) is 0 Å². The molecule has 0 aromatic heterocycles. The van der Waals surface area contributed by atoms with Gasteiger partial charge in [-0.25, -0.2) is 0 Å². The Hall–Kier alpha value is -0.860. The van der Waals surface area contributed by atoms with Crippen LogP contribution in [0.3, 0.4) is 0 Å². The molecule has 0 saturated carbocycles. The molecule has 2 rings (SSSR count). The fraction of sp³-hybridized carbons (Fsp3) is 0.600. The Morgan fingerprint density at radius 3 is 2.71 bits per heavy atom. The van der Waals surface area contributed by atoms with Crippen molar-refractivity contribution in [1.82, 2.24) is 5.32 Å². The maximum atomic E-state index is 6.26. The zero-order chi connectivity index (χ0) is 12.1. The Kier molecular flexibility index (Phi) is 4.57. The third-order valence-corrected chi connectivity index (χ3v) is 3.65. The Morgan fingerprint density at radius 2 is 2.12 bits per heavy atom. The molecule has 1 heterocycles. The van der Waals surface area contributed by atoms with E-state index in [4.69, 9.17) is 5.73 Å². The fourth-order valence-electron chi connectivity index (χ4n) is 2.62. The molecular weight excluding hydrogens is 208 g/mol. The van der Waals surface area contributed by atoms with Crippen LogP contribution in [0.4, 0.5) is 0 Å². The largest absolute Gasteiger partial charge is 0.324 e.